The predicted octanol–water partition coefficient (Wildman–Crippen LogP) is 2.95. The predicted molar refractivity (Wildman–Crippen MR) is 80.3 cm³/mol. The molecule has 1 atom stereocenters. The molecule has 1 fully saturated rings. The summed E-state index contributed by atoms with van der Waals surface area (Å²) in [4.78, 5) is 12.1. The fourth-order valence-electron chi connectivity index (χ4n) is 3.20. The van der Waals surface area contributed by atoms with Gasteiger partial charge in [0, 0.05) is 18.7 Å². The smallest absolute Gasteiger partial charge is 0.224 e. The molecule has 2 rings (SSSR count). The van der Waals surface area contributed by atoms with Crippen LogP contribution in [-0.2, 0) is 11.2 Å². The van der Waals surface area contributed by atoms with E-state index in [-0.39, 0.29) is 30.5 Å². The molecule has 0 aromatic heterocycles. The second-order valence-electron chi connectivity index (χ2n) is 6.00. The van der Waals surface area contributed by atoms with Gasteiger partial charge in [0.1, 0.15) is 11.6 Å². The van der Waals surface area contributed by atoms with Gasteiger partial charge in [-0.05, 0) is 36.8 Å². The second-order valence-corrected chi connectivity index (χ2v) is 6.00. The van der Waals surface area contributed by atoms with Gasteiger partial charge in [0.15, 0.2) is 0 Å². The molecule has 1 saturated carbocycles. The molecule has 122 valence electrons. The van der Waals surface area contributed by atoms with Crippen LogP contribution in [0.2, 0.25) is 0 Å². The van der Waals surface area contributed by atoms with Crippen LogP contribution in [0.3, 0.4) is 0 Å². The van der Waals surface area contributed by atoms with Gasteiger partial charge in [0.05, 0.1) is 6.42 Å². The molecule has 3 nitrogen and oxygen atoms in total. The molecule has 22 heavy (non-hydrogen) atoms. The summed E-state index contributed by atoms with van der Waals surface area (Å²) >= 11 is 0. The van der Waals surface area contributed by atoms with E-state index < -0.39 is 11.6 Å². The minimum absolute atomic E-state index is 0.0202. The van der Waals surface area contributed by atoms with Crippen molar-refractivity contribution in [1.29, 1.82) is 0 Å². The Morgan fingerprint density at radius 3 is 2.64 bits per heavy atom. The van der Waals surface area contributed by atoms with Crippen molar-refractivity contribution in [2.75, 3.05) is 6.61 Å². The van der Waals surface area contributed by atoms with E-state index in [1.54, 1.807) is 0 Å². The first kappa shape index (κ1) is 16.9. The highest BCUT2D eigenvalue weighted by molar-refractivity contribution is 5.78. The number of hydrogen-bond donors (Lipinski definition) is 2. The third-order valence-electron chi connectivity index (χ3n) is 4.37. The van der Waals surface area contributed by atoms with Gasteiger partial charge in [0.25, 0.3) is 0 Å². The molecule has 2 N–H and O–H groups in total. The van der Waals surface area contributed by atoms with E-state index in [1.165, 1.54) is 12.5 Å². The van der Waals surface area contributed by atoms with Gasteiger partial charge in [-0.1, -0.05) is 25.3 Å². The van der Waals surface area contributed by atoms with E-state index in [1.807, 2.05) is 0 Å². The Morgan fingerprint density at radius 2 is 2.00 bits per heavy atom. The maximum absolute atomic E-state index is 13.6. The zero-order chi connectivity index (χ0) is 15.9. The van der Waals surface area contributed by atoms with Gasteiger partial charge in [-0.15, -0.1) is 0 Å². The van der Waals surface area contributed by atoms with E-state index in [4.69, 9.17) is 0 Å². The Labute approximate surface area is 129 Å². The van der Waals surface area contributed by atoms with Crippen LogP contribution in [0.15, 0.2) is 18.2 Å². The number of halogens is 2. The molecule has 1 amide bonds. The number of rotatable bonds is 6. The minimum Gasteiger partial charge on any atom is -0.396 e. The zero-order valence-electron chi connectivity index (χ0n) is 12.7. The minimum atomic E-state index is -0.702. The van der Waals surface area contributed by atoms with Gasteiger partial charge >= 0.3 is 0 Å². The molecular formula is C17H23F2NO2. The normalized spacial score (nSPS) is 17.2. The highest BCUT2D eigenvalue weighted by Crippen LogP contribution is 2.27. The van der Waals surface area contributed by atoms with Crippen LogP contribution in [0.4, 0.5) is 8.78 Å². The average molecular weight is 311 g/mol. The third-order valence-corrected chi connectivity index (χ3v) is 4.37. The third kappa shape index (κ3) is 4.77. The first-order valence-corrected chi connectivity index (χ1v) is 7.94. The fraction of sp³-hybridized carbons (Fsp3) is 0.588. The number of aliphatic hydroxyl groups is 1. The highest BCUT2D eigenvalue weighted by Gasteiger charge is 2.24. The lowest BCUT2D eigenvalue weighted by molar-refractivity contribution is -0.121. The van der Waals surface area contributed by atoms with Crippen molar-refractivity contribution >= 4 is 5.91 Å². The monoisotopic (exact) mass is 311 g/mol. The number of carbonyl (C=O) groups is 1. The molecule has 1 aliphatic rings. The van der Waals surface area contributed by atoms with Crippen molar-refractivity contribution in [3.05, 3.63) is 35.4 Å². The van der Waals surface area contributed by atoms with Crippen LogP contribution in [0.1, 0.15) is 44.1 Å². The summed E-state index contributed by atoms with van der Waals surface area (Å²) in [6, 6.07) is 3.17. The van der Waals surface area contributed by atoms with Crippen molar-refractivity contribution in [3.63, 3.8) is 0 Å². The summed E-state index contributed by atoms with van der Waals surface area (Å²) in [5.74, 6) is -1.26. The van der Waals surface area contributed by atoms with Crippen molar-refractivity contribution < 1.29 is 18.7 Å². The van der Waals surface area contributed by atoms with Gasteiger partial charge in [-0.25, -0.2) is 8.78 Å². The molecular weight excluding hydrogens is 288 g/mol. The number of aliphatic hydroxyl groups excluding tert-OH is 1. The van der Waals surface area contributed by atoms with Crippen LogP contribution in [0.25, 0.3) is 0 Å². The summed E-state index contributed by atoms with van der Waals surface area (Å²) < 4.78 is 26.5. The lowest BCUT2D eigenvalue weighted by Gasteiger charge is -2.30. The largest absolute Gasteiger partial charge is 0.396 e. The topological polar surface area (TPSA) is 49.3 Å². The Kier molecular flexibility index (Phi) is 6.31. The van der Waals surface area contributed by atoms with Gasteiger partial charge in [-0.2, -0.15) is 0 Å². The van der Waals surface area contributed by atoms with Crippen LogP contribution < -0.4 is 5.32 Å². The van der Waals surface area contributed by atoms with Gasteiger partial charge in [-0.3, -0.25) is 4.79 Å². The Balaban J connectivity index is 1.95. The summed E-state index contributed by atoms with van der Waals surface area (Å²) in [5, 5.41) is 12.1. The molecule has 1 unspecified atom stereocenters. The number of carbonyl (C=O) groups excluding carboxylic acids is 1. The quantitative estimate of drug-likeness (QED) is 0.848. The fourth-order valence-corrected chi connectivity index (χ4v) is 3.20. The van der Waals surface area contributed by atoms with Crippen LogP contribution in [0.5, 0.6) is 0 Å². The average Bonchev–Trinajstić information content (AvgIpc) is 2.50. The van der Waals surface area contributed by atoms with Gasteiger partial charge < -0.3 is 10.4 Å². The molecule has 0 saturated heterocycles. The number of nitrogens with one attached hydrogen (secondary N) is 1. The molecule has 1 aliphatic carbocycles. The maximum Gasteiger partial charge on any atom is 0.224 e. The second kappa shape index (κ2) is 8.22. The number of amides is 1. The summed E-state index contributed by atoms with van der Waals surface area (Å²) in [5.41, 5.74) is 0.185. The maximum atomic E-state index is 13.6. The van der Waals surface area contributed by atoms with E-state index >= 15 is 0 Å². The molecule has 0 heterocycles. The van der Waals surface area contributed by atoms with E-state index in [9.17, 15) is 18.7 Å². The summed E-state index contributed by atoms with van der Waals surface area (Å²) in [6.07, 6.45) is 6.02. The Bertz CT molecular complexity index is 501. The highest BCUT2D eigenvalue weighted by atomic mass is 19.1. The number of benzene rings is 1. The first-order valence-electron chi connectivity index (χ1n) is 7.94. The SMILES string of the molecule is O=C(Cc1ccc(F)cc1F)NC(CCO)C1CCCCC1. The van der Waals surface area contributed by atoms with Crippen LogP contribution >= 0.6 is 0 Å². The number of hydrogen-bond acceptors (Lipinski definition) is 2. The van der Waals surface area contributed by atoms with Crippen molar-refractivity contribution in [2.45, 2.75) is 51.0 Å². The molecule has 1 aromatic rings. The lowest BCUT2D eigenvalue weighted by atomic mass is 9.82. The van der Waals surface area contributed by atoms with E-state index in [2.05, 4.69) is 5.32 Å². The molecule has 0 spiro atoms. The zero-order valence-corrected chi connectivity index (χ0v) is 12.7. The van der Waals surface area contributed by atoms with Crippen LogP contribution in [-0.4, -0.2) is 23.7 Å². The lowest BCUT2D eigenvalue weighted by Crippen LogP contribution is -2.42. The molecule has 1 aromatic carbocycles. The summed E-state index contributed by atoms with van der Waals surface area (Å²) in [7, 11) is 0. The molecule has 0 radical (unpaired) electrons. The van der Waals surface area contributed by atoms with Crippen molar-refractivity contribution in [1.82, 2.24) is 5.32 Å². The van der Waals surface area contributed by atoms with E-state index in [0.29, 0.717) is 12.3 Å². The molecule has 0 aliphatic heterocycles. The molecule has 5 heteroatoms. The van der Waals surface area contributed by atoms with E-state index in [0.717, 1.165) is 37.8 Å². The van der Waals surface area contributed by atoms with Gasteiger partial charge in [0.2, 0.25) is 5.91 Å². The first-order chi connectivity index (χ1) is 10.6. The Hall–Kier alpha value is -1.49. The molecule has 0 bridgehead atoms. The van der Waals surface area contributed by atoms with Crippen molar-refractivity contribution in [3.8, 4) is 0 Å². The van der Waals surface area contributed by atoms with Crippen LogP contribution in [0, 0.1) is 17.6 Å². The summed E-state index contributed by atoms with van der Waals surface area (Å²) in [6.45, 7) is 0.0202. The Morgan fingerprint density at radius 1 is 1.27 bits per heavy atom. The van der Waals surface area contributed by atoms with Crippen molar-refractivity contribution in [2.24, 2.45) is 5.92 Å². The standard InChI is InChI=1S/C17H23F2NO2/c18-14-7-6-13(15(19)11-14)10-17(22)20-16(8-9-21)12-4-2-1-3-5-12/h6-7,11-12,16,21H,1-5,8-10H2,(H,20,22).